The molecule has 0 aliphatic carbocycles. The minimum Gasteiger partial charge on any atom is -0.467 e. The van der Waals surface area contributed by atoms with Gasteiger partial charge in [-0.15, -0.1) is 0 Å². The lowest BCUT2D eigenvalue weighted by Crippen LogP contribution is -2.60. The fraction of sp³-hybridized carbons (Fsp3) is 0.474. The van der Waals surface area contributed by atoms with E-state index < -0.39 is 48.5 Å². The lowest BCUT2D eigenvalue weighted by molar-refractivity contribution is -0.146. The first kappa shape index (κ1) is 24.7. The number of carbonyl (C=O) groups is 4. The number of nitrogens with one attached hydrogen (secondary N) is 3. The largest absolute Gasteiger partial charge is 0.467 e. The van der Waals surface area contributed by atoms with Crippen LogP contribution in [-0.2, 0) is 30.4 Å². The SMILES string of the molecule is COC(=O)[C@H](CO)NC(=O)C(NC(=O)OCc1ccccc1)NC(=O)OC(C)(C)C. The molecule has 0 aliphatic rings. The Morgan fingerprint density at radius 3 is 2.13 bits per heavy atom. The van der Waals surface area contributed by atoms with Crippen LogP contribution >= 0.6 is 0 Å². The van der Waals surface area contributed by atoms with E-state index in [4.69, 9.17) is 9.47 Å². The van der Waals surface area contributed by atoms with Crippen molar-refractivity contribution in [1.29, 1.82) is 0 Å². The molecule has 0 saturated carbocycles. The summed E-state index contributed by atoms with van der Waals surface area (Å²) in [6.07, 6.45) is -3.65. The first-order chi connectivity index (χ1) is 14.1. The maximum atomic E-state index is 12.5. The molecule has 11 heteroatoms. The second-order valence-electron chi connectivity index (χ2n) is 7.05. The molecule has 2 atom stereocenters. The van der Waals surface area contributed by atoms with E-state index in [2.05, 4.69) is 20.7 Å². The van der Waals surface area contributed by atoms with Crippen LogP contribution < -0.4 is 16.0 Å². The molecule has 0 saturated heterocycles. The highest BCUT2D eigenvalue weighted by Crippen LogP contribution is 2.07. The van der Waals surface area contributed by atoms with Gasteiger partial charge in [0.2, 0.25) is 0 Å². The summed E-state index contributed by atoms with van der Waals surface area (Å²) < 4.78 is 14.6. The number of benzene rings is 1. The molecule has 1 unspecified atom stereocenters. The number of amides is 3. The van der Waals surface area contributed by atoms with E-state index >= 15 is 0 Å². The van der Waals surface area contributed by atoms with Crippen molar-refractivity contribution in [3.8, 4) is 0 Å². The maximum Gasteiger partial charge on any atom is 0.409 e. The third-order valence-electron chi connectivity index (χ3n) is 3.38. The first-order valence-electron chi connectivity index (χ1n) is 9.01. The normalized spacial score (nSPS) is 12.7. The molecule has 1 aromatic rings. The number of methoxy groups -OCH3 is 1. The van der Waals surface area contributed by atoms with Gasteiger partial charge in [0, 0.05) is 0 Å². The van der Waals surface area contributed by atoms with E-state index in [1.165, 1.54) is 0 Å². The van der Waals surface area contributed by atoms with E-state index in [-0.39, 0.29) is 6.61 Å². The van der Waals surface area contributed by atoms with Crippen LogP contribution in [-0.4, -0.2) is 60.7 Å². The topological polar surface area (TPSA) is 152 Å². The van der Waals surface area contributed by atoms with Gasteiger partial charge in [0.05, 0.1) is 13.7 Å². The summed E-state index contributed by atoms with van der Waals surface area (Å²) in [5, 5.41) is 15.7. The van der Waals surface area contributed by atoms with Crippen LogP contribution in [0.25, 0.3) is 0 Å². The van der Waals surface area contributed by atoms with Crippen molar-refractivity contribution in [2.75, 3.05) is 13.7 Å². The summed E-state index contributed by atoms with van der Waals surface area (Å²) >= 11 is 0. The molecule has 0 fully saturated rings. The van der Waals surface area contributed by atoms with Gasteiger partial charge in [-0.25, -0.2) is 14.4 Å². The summed E-state index contributed by atoms with van der Waals surface area (Å²) in [4.78, 5) is 48.2. The second-order valence-corrected chi connectivity index (χ2v) is 7.05. The molecule has 1 aromatic carbocycles. The average Bonchev–Trinajstić information content (AvgIpc) is 2.68. The molecule has 3 amide bonds. The molecule has 1 rings (SSSR count). The molecule has 0 aliphatic heterocycles. The highest BCUT2D eigenvalue weighted by atomic mass is 16.6. The van der Waals surface area contributed by atoms with Crippen molar-refractivity contribution in [3.05, 3.63) is 35.9 Å². The van der Waals surface area contributed by atoms with Gasteiger partial charge in [-0.2, -0.15) is 0 Å². The molecule has 30 heavy (non-hydrogen) atoms. The Morgan fingerprint density at radius 2 is 1.60 bits per heavy atom. The number of aliphatic hydroxyl groups excluding tert-OH is 1. The fourth-order valence-electron chi connectivity index (χ4n) is 2.05. The standard InChI is InChI=1S/C19H27N3O8/c1-19(2,3)30-18(27)22-14(15(24)20-13(10-23)16(25)28-4)21-17(26)29-11-12-8-6-5-7-9-12/h5-9,13-14,23H,10-11H2,1-4H3,(H,20,24)(H,21,26)(H,22,27)/t13-,14?/m0/s1. The van der Waals surface area contributed by atoms with Gasteiger partial charge in [-0.1, -0.05) is 30.3 Å². The number of carbonyl (C=O) groups excluding carboxylic acids is 4. The van der Waals surface area contributed by atoms with Gasteiger partial charge in [0.1, 0.15) is 12.2 Å². The van der Waals surface area contributed by atoms with Gasteiger partial charge in [0.25, 0.3) is 5.91 Å². The smallest absolute Gasteiger partial charge is 0.409 e. The number of hydrogen-bond acceptors (Lipinski definition) is 8. The van der Waals surface area contributed by atoms with Gasteiger partial charge in [0.15, 0.2) is 12.2 Å². The third-order valence-corrected chi connectivity index (χ3v) is 3.38. The van der Waals surface area contributed by atoms with Gasteiger partial charge < -0.3 is 24.6 Å². The van der Waals surface area contributed by atoms with Crippen molar-refractivity contribution >= 4 is 24.1 Å². The van der Waals surface area contributed by atoms with Crippen LogP contribution in [0, 0.1) is 0 Å². The number of alkyl carbamates (subject to hydrolysis) is 2. The van der Waals surface area contributed by atoms with Crippen molar-refractivity contribution in [1.82, 2.24) is 16.0 Å². The Bertz CT molecular complexity index is 733. The van der Waals surface area contributed by atoms with Crippen LogP contribution in [0.2, 0.25) is 0 Å². The molecule has 166 valence electrons. The molecule has 0 aromatic heterocycles. The van der Waals surface area contributed by atoms with E-state index in [0.717, 1.165) is 7.11 Å². The monoisotopic (exact) mass is 425 g/mol. The summed E-state index contributed by atoms with van der Waals surface area (Å²) in [7, 11) is 1.08. The van der Waals surface area contributed by atoms with Gasteiger partial charge >= 0.3 is 18.2 Å². The Morgan fingerprint density at radius 1 is 1.00 bits per heavy atom. The van der Waals surface area contributed by atoms with Gasteiger partial charge in [-0.05, 0) is 26.3 Å². The lowest BCUT2D eigenvalue weighted by atomic mass is 10.2. The number of ether oxygens (including phenoxy) is 3. The lowest BCUT2D eigenvalue weighted by Gasteiger charge is -2.24. The fourth-order valence-corrected chi connectivity index (χ4v) is 2.05. The molecular formula is C19H27N3O8. The van der Waals surface area contributed by atoms with E-state index in [1.807, 2.05) is 0 Å². The second kappa shape index (κ2) is 11.6. The quantitative estimate of drug-likeness (QED) is 0.266. The van der Waals surface area contributed by atoms with Crippen LogP contribution in [0.15, 0.2) is 30.3 Å². The van der Waals surface area contributed by atoms with Crippen molar-refractivity contribution in [2.45, 2.75) is 45.2 Å². The van der Waals surface area contributed by atoms with Crippen LogP contribution in [0.3, 0.4) is 0 Å². The molecule has 0 bridgehead atoms. The summed E-state index contributed by atoms with van der Waals surface area (Å²) in [5.41, 5.74) is -0.154. The minimum atomic E-state index is -1.65. The van der Waals surface area contributed by atoms with E-state index in [1.54, 1.807) is 51.1 Å². The summed E-state index contributed by atoms with van der Waals surface area (Å²) in [6, 6.07) is 7.40. The van der Waals surface area contributed by atoms with Crippen molar-refractivity contribution < 1.29 is 38.5 Å². The minimum absolute atomic E-state index is 0.0745. The Kier molecular flexibility index (Phi) is 9.56. The van der Waals surface area contributed by atoms with E-state index in [9.17, 15) is 24.3 Å². The maximum absolute atomic E-state index is 12.5. The number of hydrogen-bond donors (Lipinski definition) is 4. The Hall–Kier alpha value is -3.34. The third kappa shape index (κ3) is 9.24. The number of rotatable bonds is 8. The molecular weight excluding hydrogens is 398 g/mol. The van der Waals surface area contributed by atoms with Crippen LogP contribution in [0.5, 0.6) is 0 Å². The molecule has 0 radical (unpaired) electrons. The van der Waals surface area contributed by atoms with Crippen molar-refractivity contribution in [3.63, 3.8) is 0 Å². The summed E-state index contributed by atoms with van der Waals surface area (Å²) in [6.45, 7) is 4.01. The highest BCUT2D eigenvalue weighted by molar-refractivity contribution is 5.91. The van der Waals surface area contributed by atoms with Crippen LogP contribution in [0.1, 0.15) is 26.3 Å². The average molecular weight is 425 g/mol. The Balaban J connectivity index is 2.82. The predicted molar refractivity (Wildman–Crippen MR) is 104 cm³/mol. The zero-order valence-electron chi connectivity index (χ0n) is 17.3. The zero-order chi connectivity index (χ0) is 22.7. The Labute approximate surface area is 174 Å². The van der Waals surface area contributed by atoms with E-state index in [0.29, 0.717) is 5.56 Å². The molecule has 0 spiro atoms. The number of aliphatic hydroxyl groups is 1. The molecule has 0 heterocycles. The highest BCUT2D eigenvalue weighted by Gasteiger charge is 2.30. The van der Waals surface area contributed by atoms with Crippen molar-refractivity contribution in [2.24, 2.45) is 0 Å². The van der Waals surface area contributed by atoms with Gasteiger partial charge in [-0.3, -0.25) is 15.4 Å². The predicted octanol–water partition coefficient (Wildman–Crippen LogP) is 0.414. The molecule has 4 N–H and O–H groups in total. The first-order valence-corrected chi connectivity index (χ1v) is 9.01. The molecule has 11 nitrogen and oxygen atoms in total. The van der Waals surface area contributed by atoms with Crippen LogP contribution in [0.4, 0.5) is 9.59 Å². The number of esters is 1. The zero-order valence-corrected chi connectivity index (χ0v) is 17.3. The summed E-state index contributed by atoms with van der Waals surface area (Å²) in [5.74, 6) is -1.91.